The standard InChI is InChI=1S/C10H10ClNO2/c1-7(14)12-9-4-2-8(3-5-9)10(11)6-13/h2-6,10H,1H3,(H,12,14). The summed E-state index contributed by atoms with van der Waals surface area (Å²) in [7, 11) is 0. The molecule has 1 aromatic carbocycles. The number of carbonyl (C=O) groups excluding carboxylic acids is 2. The van der Waals surface area contributed by atoms with Crippen LogP contribution in [0.4, 0.5) is 5.69 Å². The molecular formula is C10H10ClNO2. The van der Waals surface area contributed by atoms with Crippen LogP contribution in [0.3, 0.4) is 0 Å². The molecule has 4 heteroatoms. The van der Waals surface area contributed by atoms with Crippen LogP contribution in [0, 0.1) is 0 Å². The predicted octanol–water partition coefficient (Wildman–Crippen LogP) is 2.12. The Balaban J connectivity index is 2.78. The van der Waals surface area contributed by atoms with Gasteiger partial charge in [0.1, 0.15) is 11.7 Å². The van der Waals surface area contributed by atoms with E-state index < -0.39 is 5.38 Å². The summed E-state index contributed by atoms with van der Waals surface area (Å²) >= 11 is 5.69. The largest absolute Gasteiger partial charge is 0.326 e. The van der Waals surface area contributed by atoms with E-state index in [2.05, 4.69) is 5.32 Å². The first-order chi connectivity index (χ1) is 6.63. The zero-order valence-electron chi connectivity index (χ0n) is 7.66. The van der Waals surface area contributed by atoms with E-state index >= 15 is 0 Å². The maximum Gasteiger partial charge on any atom is 0.221 e. The van der Waals surface area contributed by atoms with Gasteiger partial charge in [0, 0.05) is 12.6 Å². The second-order valence-corrected chi connectivity index (χ2v) is 3.31. The SMILES string of the molecule is CC(=O)Nc1ccc(C(Cl)C=O)cc1. The van der Waals surface area contributed by atoms with Gasteiger partial charge in [-0.3, -0.25) is 4.79 Å². The summed E-state index contributed by atoms with van der Waals surface area (Å²) in [5.74, 6) is -0.129. The van der Waals surface area contributed by atoms with Crippen LogP contribution in [0.1, 0.15) is 17.9 Å². The Morgan fingerprint density at radius 1 is 1.43 bits per heavy atom. The monoisotopic (exact) mass is 211 g/mol. The highest BCUT2D eigenvalue weighted by molar-refractivity contribution is 6.27. The average Bonchev–Trinajstić information content (AvgIpc) is 2.17. The Kier molecular flexibility index (Phi) is 3.65. The lowest BCUT2D eigenvalue weighted by Gasteiger charge is -2.04. The van der Waals surface area contributed by atoms with Gasteiger partial charge in [-0.2, -0.15) is 0 Å². The molecule has 0 fully saturated rings. The number of nitrogens with one attached hydrogen (secondary N) is 1. The third-order valence-corrected chi connectivity index (χ3v) is 2.02. The molecule has 1 aromatic rings. The molecule has 0 aliphatic carbocycles. The third kappa shape index (κ3) is 2.85. The fourth-order valence-electron chi connectivity index (χ4n) is 1.03. The van der Waals surface area contributed by atoms with Crippen LogP contribution in [0.2, 0.25) is 0 Å². The number of rotatable bonds is 3. The van der Waals surface area contributed by atoms with Crippen LogP contribution in [0.15, 0.2) is 24.3 Å². The first-order valence-electron chi connectivity index (χ1n) is 4.10. The van der Waals surface area contributed by atoms with E-state index in [-0.39, 0.29) is 5.91 Å². The number of hydrogen-bond acceptors (Lipinski definition) is 2. The quantitative estimate of drug-likeness (QED) is 0.615. The van der Waals surface area contributed by atoms with Crippen molar-refractivity contribution >= 4 is 29.5 Å². The molecule has 1 atom stereocenters. The Morgan fingerprint density at radius 2 is 2.00 bits per heavy atom. The molecule has 0 saturated heterocycles. The molecule has 3 nitrogen and oxygen atoms in total. The molecule has 1 unspecified atom stereocenters. The minimum Gasteiger partial charge on any atom is -0.326 e. The molecule has 0 saturated carbocycles. The number of benzene rings is 1. The van der Waals surface area contributed by atoms with E-state index in [1.165, 1.54) is 6.92 Å². The molecular weight excluding hydrogens is 202 g/mol. The molecule has 1 rings (SSSR count). The zero-order chi connectivity index (χ0) is 10.6. The highest BCUT2D eigenvalue weighted by Crippen LogP contribution is 2.19. The van der Waals surface area contributed by atoms with Gasteiger partial charge in [-0.25, -0.2) is 0 Å². The van der Waals surface area contributed by atoms with Gasteiger partial charge in [0.05, 0.1) is 0 Å². The summed E-state index contributed by atoms with van der Waals surface area (Å²) < 4.78 is 0. The van der Waals surface area contributed by atoms with Gasteiger partial charge in [0.25, 0.3) is 0 Å². The lowest BCUT2D eigenvalue weighted by atomic mass is 10.1. The highest BCUT2D eigenvalue weighted by atomic mass is 35.5. The number of anilines is 1. The number of carbonyl (C=O) groups is 2. The van der Waals surface area contributed by atoms with E-state index in [1.54, 1.807) is 24.3 Å². The normalized spacial score (nSPS) is 11.9. The van der Waals surface area contributed by atoms with E-state index in [4.69, 9.17) is 11.6 Å². The highest BCUT2D eigenvalue weighted by Gasteiger charge is 2.05. The molecule has 0 aliphatic heterocycles. The summed E-state index contributed by atoms with van der Waals surface area (Å²) in [6.07, 6.45) is 0.662. The van der Waals surface area contributed by atoms with Gasteiger partial charge in [0.2, 0.25) is 5.91 Å². The molecule has 0 radical (unpaired) electrons. The fourth-order valence-corrected chi connectivity index (χ4v) is 1.18. The van der Waals surface area contributed by atoms with Crippen LogP contribution in [0.25, 0.3) is 0 Å². The minimum absolute atomic E-state index is 0.129. The van der Waals surface area contributed by atoms with Crippen molar-refractivity contribution in [2.24, 2.45) is 0 Å². The molecule has 1 amide bonds. The van der Waals surface area contributed by atoms with E-state index in [0.29, 0.717) is 12.0 Å². The van der Waals surface area contributed by atoms with Crippen molar-refractivity contribution in [2.75, 3.05) is 5.32 Å². The summed E-state index contributed by atoms with van der Waals surface area (Å²) in [6.45, 7) is 1.43. The molecule has 74 valence electrons. The Hall–Kier alpha value is -1.35. The Bertz CT molecular complexity index is 334. The van der Waals surface area contributed by atoms with Crippen molar-refractivity contribution in [3.05, 3.63) is 29.8 Å². The van der Waals surface area contributed by atoms with Crippen molar-refractivity contribution in [3.63, 3.8) is 0 Å². The van der Waals surface area contributed by atoms with Crippen molar-refractivity contribution < 1.29 is 9.59 Å². The predicted molar refractivity (Wildman–Crippen MR) is 55.4 cm³/mol. The average molecular weight is 212 g/mol. The van der Waals surface area contributed by atoms with Crippen LogP contribution in [0.5, 0.6) is 0 Å². The van der Waals surface area contributed by atoms with Gasteiger partial charge < -0.3 is 10.1 Å². The van der Waals surface area contributed by atoms with E-state index in [9.17, 15) is 9.59 Å². The fraction of sp³-hybridized carbons (Fsp3) is 0.200. The summed E-state index contributed by atoms with van der Waals surface area (Å²) in [4.78, 5) is 21.1. The van der Waals surface area contributed by atoms with Gasteiger partial charge >= 0.3 is 0 Å². The second kappa shape index (κ2) is 4.77. The first kappa shape index (κ1) is 10.7. The lowest BCUT2D eigenvalue weighted by molar-refractivity contribution is -0.114. The number of alkyl halides is 1. The smallest absolute Gasteiger partial charge is 0.221 e. The molecule has 0 heterocycles. The minimum atomic E-state index is -0.624. The summed E-state index contributed by atoms with van der Waals surface area (Å²) in [5.41, 5.74) is 1.41. The first-order valence-corrected chi connectivity index (χ1v) is 4.54. The van der Waals surface area contributed by atoms with Gasteiger partial charge in [-0.1, -0.05) is 12.1 Å². The molecule has 14 heavy (non-hydrogen) atoms. The number of aldehydes is 1. The van der Waals surface area contributed by atoms with Gasteiger partial charge in [0.15, 0.2) is 0 Å². The topological polar surface area (TPSA) is 46.2 Å². The number of amides is 1. The zero-order valence-corrected chi connectivity index (χ0v) is 8.41. The number of halogens is 1. The Morgan fingerprint density at radius 3 is 2.43 bits per heavy atom. The van der Waals surface area contributed by atoms with Gasteiger partial charge in [-0.15, -0.1) is 11.6 Å². The molecule has 0 aromatic heterocycles. The maximum absolute atomic E-state index is 10.7. The van der Waals surface area contributed by atoms with Crippen LogP contribution < -0.4 is 5.32 Å². The van der Waals surface area contributed by atoms with E-state index in [0.717, 1.165) is 5.56 Å². The lowest BCUT2D eigenvalue weighted by Crippen LogP contribution is -2.05. The van der Waals surface area contributed by atoms with Gasteiger partial charge in [-0.05, 0) is 17.7 Å². The summed E-state index contributed by atoms with van der Waals surface area (Å²) in [6, 6.07) is 6.82. The molecule has 1 N–H and O–H groups in total. The molecule has 0 aliphatic rings. The van der Waals surface area contributed by atoms with Crippen LogP contribution in [-0.2, 0) is 9.59 Å². The Labute approximate surface area is 87.1 Å². The maximum atomic E-state index is 10.7. The molecule has 0 spiro atoms. The van der Waals surface area contributed by atoms with Crippen molar-refractivity contribution in [1.82, 2.24) is 0 Å². The van der Waals surface area contributed by atoms with E-state index in [1.807, 2.05) is 0 Å². The van der Waals surface area contributed by atoms with Crippen molar-refractivity contribution in [2.45, 2.75) is 12.3 Å². The van der Waals surface area contributed by atoms with Crippen molar-refractivity contribution in [3.8, 4) is 0 Å². The van der Waals surface area contributed by atoms with Crippen LogP contribution in [-0.4, -0.2) is 12.2 Å². The van der Waals surface area contributed by atoms with Crippen LogP contribution >= 0.6 is 11.6 Å². The van der Waals surface area contributed by atoms with Crippen molar-refractivity contribution in [1.29, 1.82) is 0 Å². The number of hydrogen-bond donors (Lipinski definition) is 1. The molecule has 0 bridgehead atoms. The summed E-state index contributed by atoms with van der Waals surface area (Å²) in [5, 5.41) is 1.99. The third-order valence-electron chi connectivity index (χ3n) is 1.67. The second-order valence-electron chi connectivity index (χ2n) is 2.84.